The fourth-order valence-corrected chi connectivity index (χ4v) is 4.67. The van der Waals surface area contributed by atoms with Crippen molar-refractivity contribution in [1.29, 1.82) is 0 Å². The average molecular weight is 379 g/mol. The van der Waals surface area contributed by atoms with E-state index in [1.165, 1.54) is 5.56 Å². The van der Waals surface area contributed by atoms with E-state index in [1.807, 2.05) is 36.4 Å². The number of ether oxygens (including phenoxy) is 2. The Hall–Kier alpha value is -2.82. The molecular formula is C23H25NO4. The standard InChI is InChI=1S/C23H25NO4/c1-3-27-21(25)23(22(26)28-4-2)15-17-10-6-8-12-19(17)24-14-13-16-9-5-7-11-18(16)20(23)24/h5-12,20H,3-4,13-15H2,1-2H3. The van der Waals surface area contributed by atoms with Crippen LogP contribution < -0.4 is 4.90 Å². The molecule has 0 saturated heterocycles. The van der Waals surface area contributed by atoms with Crippen LogP contribution in [0.1, 0.15) is 36.6 Å². The van der Waals surface area contributed by atoms with Gasteiger partial charge >= 0.3 is 11.9 Å². The molecule has 146 valence electrons. The fourth-order valence-electron chi connectivity index (χ4n) is 4.67. The predicted octanol–water partition coefficient (Wildman–Crippen LogP) is 3.46. The molecule has 1 atom stereocenters. The van der Waals surface area contributed by atoms with E-state index in [1.54, 1.807) is 13.8 Å². The minimum absolute atomic E-state index is 0.218. The lowest BCUT2D eigenvalue weighted by Crippen LogP contribution is -2.58. The zero-order valence-electron chi connectivity index (χ0n) is 16.3. The highest BCUT2D eigenvalue weighted by atomic mass is 16.6. The highest BCUT2D eigenvalue weighted by Crippen LogP contribution is 2.53. The molecule has 0 fully saturated rings. The van der Waals surface area contributed by atoms with Crippen molar-refractivity contribution in [1.82, 2.24) is 0 Å². The molecule has 0 saturated carbocycles. The number of hydrogen-bond donors (Lipinski definition) is 0. The smallest absolute Gasteiger partial charge is 0.326 e. The molecule has 0 N–H and O–H groups in total. The number of hydrogen-bond acceptors (Lipinski definition) is 5. The third-order valence-electron chi connectivity index (χ3n) is 5.80. The number of fused-ring (bicyclic) bond motifs is 5. The molecule has 0 amide bonds. The van der Waals surface area contributed by atoms with E-state index in [0.29, 0.717) is 0 Å². The molecule has 0 bridgehead atoms. The zero-order chi connectivity index (χ0) is 19.7. The van der Waals surface area contributed by atoms with E-state index < -0.39 is 23.4 Å². The molecule has 5 nitrogen and oxygen atoms in total. The van der Waals surface area contributed by atoms with Crippen molar-refractivity contribution in [2.24, 2.45) is 5.41 Å². The van der Waals surface area contributed by atoms with Crippen LogP contribution in [0.4, 0.5) is 5.69 Å². The molecule has 1 unspecified atom stereocenters. The van der Waals surface area contributed by atoms with Gasteiger partial charge in [-0.15, -0.1) is 0 Å². The van der Waals surface area contributed by atoms with Crippen molar-refractivity contribution in [3.05, 3.63) is 65.2 Å². The summed E-state index contributed by atoms with van der Waals surface area (Å²) < 4.78 is 10.9. The predicted molar refractivity (Wildman–Crippen MR) is 106 cm³/mol. The number of anilines is 1. The van der Waals surface area contributed by atoms with Crippen LogP contribution >= 0.6 is 0 Å². The van der Waals surface area contributed by atoms with Gasteiger partial charge in [-0.3, -0.25) is 9.59 Å². The summed E-state index contributed by atoms with van der Waals surface area (Å²) in [5.74, 6) is -1.01. The van der Waals surface area contributed by atoms with Crippen molar-refractivity contribution in [2.75, 3.05) is 24.7 Å². The first kappa shape index (κ1) is 18.5. The van der Waals surface area contributed by atoms with Crippen molar-refractivity contribution >= 4 is 17.6 Å². The quantitative estimate of drug-likeness (QED) is 0.602. The SMILES string of the molecule is CCOC(=O)C1(C(=O)OCC)Cc2ccccc2N2CCc3ccccc3C21. The maximum Gasteiger partial charge on any atom is 0.326 e. The van der Waals surface area contributed by atoms with Gasteiger partial charge in [0, 0.05) is 18.7 Å². The largest absolute Gasteiger partial charge is 0.465 e. The molecule has 5 heteroatoms. The summed E-state index contributed by atoms with van der Waals surface area (Å²) in [6.07, 6.45) is 1.14. The van der Waals surface area contributed by atoms with Gasteiger partial charge in [0.25, 0.3) is 0 Å². The second-order valence-electron chi connectivity index (χ2n) is 7.26. The van der Waals surface area contributed by atoms with E-state index in [4.69, 9.17) is 9.47 Å². The Bertz CT molecular complexity index is 889. The van der Waals surface area contributed by atoms with Gasteiger partial charge in [-0.05, 0) is 43.0 Å². The van der Waals surface area contributed by atoms with Crippen LogP contribution in [-0.2, 0) is 31.9 Å². The summed E-state index contributed by atoms with van der Waals surface area (Å²) in [6, 6.07) is 15.6. The number of carbonyl (C=O) groups excluding carboxylic acids is 2. The molecule has 0 spiro atoms. The number of para-hydroxylation sites is 1. The Morgan fingerprint density at radius 1 is 0.964 bits per heavy atom. The third kappa shape index (κ3) is 2.68. The maximum absolute atomic E-state index is 13.4. The van der Waals surface area contributed by atoms with Gasteiger partial charge in [-0.1, -0.05) is 42.5 Å². The molecule has 0 aliphatic carbocycles. The molecule has 0 aromatic heterocycles. The number of benzene rings is 2. The van der Waals surface area contributed by atoms with E-state index in [2.05, 4.69) is 17.0 Å². The summed E-state index contributed by atoms with van der Waals surface area (Å²) in [5.41, 5.74) is 2.80. The van der Waals surface area contributed by atoms with Crippen LogP contribution in [0, 0.1) is 5.41 Å². The van der Waals surface area contributed by atoms with Crippen LogP contribution in [-0.4, -0.2) is 31.7 Å². The van der Waals surface area contributed by atoms with Crippen molar-refractivity contribution < 1.29 is 19.1 Å². The molecule has 0 radical (unpaired) electrons. The molecule has 28 heavy (non-hydrogen) atoms. The normalized spacial score (nSPS) is 19.1. The molecule has 2 aliphatic heterocycles. The Labute approximate surface area is 165 Å². The number of carbonyl (C=O) groups is 2. The van der Waals surface area contributed by atoms with Crippen molar-refractivity contribution in [3.8, 4) is 0 Å². The molecular weight excluding hydrogens is 354 g/mol. The molecule has 2 aromatic carbocycles. The summed E-state index contributed by atoms with van der Waals surface area (Å²) in [7, 11) is 0. The van der Waals surface area contributed by atoms with Crippen molar-refractivity contribution in [3.63, 3.8) is 0 Å². The summed E-state index contributed by atoms with van der Waals surface area (Å²) in [4.78, 5) is 28.9. The van der Waals surface area contributed by atoms with Crippen LogP contribution in [0.25, 0.3) is 0 Å². The summed E-state index contributed by atoms with van der Waals surface area (Å²) in [6.45, 7) is 4.70. The second kappa shape index (κ2) is 7.30. The van der Waals surface area contributed by atoms with Gasteiger partial charge in [0.05, 0.1) is 19.3 Å². The highest BCUT2D eigenvalue weighted by molar-refractivity contribution is 6.03. The number of nitrogens with zero attached hydrogens (tertiary/aromatic N) is 1. The molecule has 2 heterocycles. The van der Waals surface area contributed by atoms with E-state index in [9.17, 15) is 9.59 Å². The topological polar surface area (TPSA) is 55.8 Å². The average Bonchev–Trinajstić information content (AvgIpc) is 2.73. The maximum atomic E-state index is 13.4. The van der Waals surface area contributed by atoms with Gasteiger partial charge in [-0.25, -0.2) is 0 Å². The molecule has 2 aromatic rings. The minimum Gasteiger partial charge on any atom is -0.465 e. The van der Waals surface area contributed by atoms with Crippen LogP contribution in [0.15, 0.2) is 48.5 Å². The Morgan fingerprint density at radius 2 is 1.57 bits per heavy atom. The Balaban J connectivity index is 1.98. The summed E-state index contributed by atoms with van der Waals surface area (Å²) in [5, 5.41) is 0. The second-order valence-corrected chi connectivity index (χ2v) is 7.26. The van der Waals surface area contributed by atoms with Crippen LogP contribution in [0.5, 0.6) is 0 Å². The Morgan fingerprint density at radius 3 is 2.25 bits per heavy atom. The highest BCUT2D eigenvalue weighted by Gasteiger charge is 2.61. The Kier molecular flexibility index (Phi) is 4.84. The first-order valence-corrected chi connectivity index (χ1v) is 9.90. The monoisotopic (exact) mass is 379 g/mol. The first-order chi connectivity index (χ1) is 13.6. The number of rotatable bonds is 4. The lowest BCUT2D eigenvalue weighted by atomic mass is 9.66. The first-order valence-electron chi connectivity index (χ1n) is 9.90. The van der Waals surface area contributed by atoms with Gasteiger partial charge in [-0.2, -0.15) is 0 Å². The van der Waals surface area contributed by atoms with Crippen LogP contribution in [0.2, 0.25) is 0 Å². The molecule has 2 aliphatic rings. The van der Waals surface area contributed by atoms with Gasteiger partial charge in [0.1, 0.15) is 0 Å². The summed E-state index contributed by atoms with van der Waals surface area (Å²) >= 11 is 0. The van der Waals surface area contributed by atoms with Gasteiger partial charge < -0.3 is 14.4 Å². The fraction of sp³-hybridized carbons (Fsp3) is 0.391. The van der Waals surface area contributed by atoms with Gasteiger partial charge in [0.15, 0.2) is 5.41 Å². The lowest BCUT2D eigenvalue weighted by Gasteiger charge is -2.51. The van der Waals surface area contributed by atoms with E-state index in [0.717, 1.165) is 29.8 Å². The van der Waals surface area contributed by atoms with Crippen LogP contribution in [0.3, 0.4) is 0 Å². The van der Waals surface area contributed by atoms with E-state index in [-0.39, 0.29) is 19.6 Å². The lowest BCUT2D eigenvalue weighted by molar-refractivity contribution is -0.175. The number of esters is 2. The third-order valence-corrected chi connectivity index (χ3v) is 5.80. The molecule has 4 rings (SSSR count). The van der Waals surface area contributed by atoms with Gasteiger partial charge in [0.2, 0.25) is 0 Å². The van der Waals surface area contributed by atoms with Crippen molar-refractivity contribution in [2.45, 2.75) is 32.7 Å². The van der Waals surface area contributed by atoms with E-state index >= 15 is 0 Å². The zero-order valence-corrected chi connectivity index (χ0v) is 16.3. The minimum atomic E-state index is -1.42.